The van der Waals surface area contributed by atoms with E-state index in [1.807, 2.05) is 0 Å². The number of ether oxygens (including phenoxy) is 1. The number of hydrogen-bond donors (Lipinski definition) is 1. The Morgan fingerprint density at radius 2 is 1.89 bits per heavy atom. The molecule has 2 fully saturated rings. The number of carbonyl (C=O) groups is 1. The van der Waals surface area contributed by atoms with Gasteiger partial charge in [-0.1, -0.05) is 30.3 Å². The quantitative estimate of drug-likeness (QED) is 0.831. The summed E-state index contributed by atoms with van der Waals surface area (Å²) in [5.41, 5.74) is 7.22. The zero-order valence-electron chi connectivity index (χ0n) is 11.2. The number of rotatable bonds is 2. The lowest BCUT2D eigenvalue weighted by molar-refractivity contribution is -0.141. The Labute approximate surface area is 114 Å². The van der Waals surface area contributed by atoms with E-state index in [4.69, 9.17) is 10.5 Å². The third kappa shape index (κ3) is 2.27. The predicted molar refractivity (Wildman–Crippen MR) is 73.6 cm³/mol. The molecule has 1 aromatic carbocycles. The van der Waals surface area contributed by atoms with Gasteiger partial charge >= 0.3 is 5.97 Å². The van der Waals surface area contributed by atoms with Gasteiger partial charge in [0.05, 0.1) is 6.42 Å². The molecule has 3 heteroatoms. The minimum absolute atomic E-state index is 0.0249. The molecule has 0 bridgehead atoms. The van der Waals surface area contributed by atoms with Gasteiger partial charge in [0, 0.05) is 12.0 Å². The van der Waals surface area contributed by atoms with Gasteiger partial charge in [0.1, 0.15) is 6.10 Å². The number of hydrogen-bond acceptors (Lipinski definition) is 3. The van der Waals surface area contributed by atoms with E-state index in [0.717, 1.165) is 25.7 Å². The summed E-state index contributed by atoms with van der Waals surface area (Å²) < 4.78 is 5.38. The summed E-state index contributed by atoms with van der Waals surface area (Å²) in [6.07, 6.45) is 4.89. The lowest BCUT2D eigenvalue weighted by atomic mass is 9.65. The van der Waals surface area contributed by atoms with Crippen molar-refractivity contribution in [1.82, 2.24) is 0 Å². The van der Waals surface area contributed by atoms with Crippen molar-refractivity contribution in [3.63, 3.8) is 0 Å². The molecule has 2 aliphatic rings. The summed E-state index contributed by atoms with van der Waals surface area (Å²) in [6, 6.07) is 10.7. The second-order valence-corrected chi connectivity index (χ2v) is 5.94. The highest BCUT2D eigenvalue weighted by Crippen LogP contribution is 2.50. The Morgan fingerprint density at radius 3 is 2.53 bits per heavy atom. The normalized spacial score (nSPS) is 34.5. The van der Waals surface area contributed by atoms with E-state index in [-0.39, 0.29) is 17.5 Å². The third-order valence-electron chi connectivity index (χ3n) is 4.92. The number of esters is 1. The van der Waals surface area contributed by atoms with Crippen LogP contribution >= 0.6 is 0 Å². The molecule has 0 aromatic heterocycles. The maximum atomic E-state index is 11.6. The predicted octanol–water partition coefficient (Wildman–Crippen LogP) is 2.60. The maximum Gasteiger partial charge on any atom is 0.306 e. The summed E-state index contributed by atoms with van der Waals surface area (Å²) in [6.45, 7) is 0.460. The molecule has 1 aromatic rings. The topological polar surface area (TPSA) is 52.3 Å². The summed E-state index contributed by atoms with van der Waals surface area (Å²) >= 11 is 0. The van der Waals surface area contributed by atoms with Gasteiger partial charge in [-0.15, -0.1) is 0 Å². The molecular weight excluding hydrogens is 238 g/mol. The lowest BCUT2D eigenvalue weighted by Crippen LogP contribution is -2.39. The fourth-order valence-corrected chi connectivity index (χ4v) is 3.77. The van der Waals surface area contributed by atoms with Crippen LogP contribution in [0, 0.1) is 5.41 Å². The van der Waals surface area contributed by atoms with E-state index < -0.39 is 0 Å². The van der Waals surface area contributed by atoms with Crippen molar-refractivity contribution in [2.24, 2.45) is 11.1 Å². The van der Waals surface area contributed by atoms with Crippen molar-refractivity contribution in [2.45, 2.75) is 44.1 Å². The van der Waals surface area contributed by atoms with Crippen LogP contribution in [0.15, 0.2) is 30.3 Å². The molecule has 0 radical (unpaired) electrons. The van der Waals surface area contributed by atoms with E-state index in [9.17, 15) is 4.79 Å². The Balaban J connectivity index is 1.71. The largest absolute Gasteiger partial charge is 0.460 e. The monoisotopic (exact) mass is 259 g/mol. The highest BCUT2D eigenvalue weighted by atomic mass is 16.6. The SMILES string of the molecule is NCC1OC(=O)CC12CCC(c1ccccc1)CC2. The lowest BCUT2D eigenvalue weighted by Gasteiger charge is -2.39. The molecule has 1 saturated heterocycles. The van der Waals surface area contributed by atoms with Gasteiger partial charge in [0.15, 0.2) is 0 Å². The van der Waals surface area contributed by atoms with Gasteiger partial charge in [-0.25, -0.2) is 0 Å². The van der Waals surface area contributed by atoms with E-state index in [2.05, 4.69) is 30.3 Å². The van der Waals surface area contributed by atoms with Gasteiger partial charge < -0.3 is 10.5 Å². The molecule has 1 aliphatic heterocycles. The van der Waals surface area contributed by atoms with Crippen LogP contribution in [-0.2, 0) is 9.53 Å². The number of nitrogens with two attached hydrogens (primary N) is 1. The summed E-state index contributed by atoms with van der Waals surface area (Å²) in [7, 11) is 0. The summed E-state index contributed by atoms with van der Waals surface area (Å²) in [4.78, 5) is 11.6. The Hall–Kier alpha value is -1.35. The van der Waals surface area contributed by atoms with Crippen molar-refractivity contribution in [2.75, 3.05) is 6.54 Å². The molecule has 1 heterocycles. The first kappa shape index (κ1) is 12.7. The molecular formula is C16H21NO2. The molecule has 1 atom stereocenters. The molecule has 102 valence electrons. The number of carbonyl (C=O) groups excluding carboxylic acids is 1. The van der Waals surface area contributed by atoms with Crippen LogP contribution in [0.5, 0.6) is 0 Å². The van der Waals surface area contributed by atoms with Crippen molar-refractivity contribution in [3.05, 3.63) is 35.9 Å². The van der Waals surface area contributed by atoms with Crippen LogP contribution in [-0.4, -0.2) is 18.6 Å². The standard InChI is InChI=1S/C16H21NO2/c17-11-14-16(10-15(18)19-14)8-6-13(7-9-16)12-4-2-1-3-5-12/h1-5,13-14H,6-11,17H2. The fourth-order valence-electron chi connectivity index (χ4n) is 3.77. The highest BCUT2D eigenvalue weighted by molar-refractivity contribution is 5.73. The van der Waals surface area contributed by atoms with Gasteiger partial charge in [-0.3, -0.25) is 4.79 Å². The highest BCUT2D eigenvalue weighted by Gasteiger charge is 2.49. The van der Waals surface area contributed by atoms with Crippen LogP contribution in [0.4, 0.5) is 0 Å². The van der Waals surface area contributed by atoms with Gasteiger partial charge in [-0.05, 0) is 37.2 Å². The smallest absolute Gasteiger partial charge is 0.306 e. The molecule has 0 amide bonds. The average Bonchev–Trinajstić information content (AvgIpc) is 2.76. The van der Waals surface area contributed by atoms with Crippen LogP contribution in [0.3, 0.4) is 0 Å². The molecule has 1 aliphatic carbocycles. The van der Waals surface area contributed by atoms with E-state index in [1.54, 1.807) is 0 Å². The molecule has 1 spiro atoms. The zero-order valence-corrected chi connectivity index (χ0v) is 11.2. The van der Waals surface area contributed by atoms with Crippen LogP contribution in [0.25, 0.3) is 0 Å². The first-order chi connectivity index (χ1) is 9.23. The molecule has 1 saturated carbocycles. The van der Waals surface area contributed by atoms with E-state index in [0.29, 0.717) is 18.9 Å². The first-order valence-corrected chi connectivity index (χ1v) is 7.18. The second kappa shape index (κ2) is 4.97. The van der Waals surface area contributed by atoms with Crippen molar-refractivity contribution in [1.29, 1.82) is 0 Å². The summed E-state index contributed by atoms with van der Waals surface area (Å²) in [5.74, 6) is 0.564. The average molecular weight is 259 g/mol. The Kier molecular flexibility index (Phi) is 3.31. The van der Waals surface area contributed by atoms with Gasteiger partial charge in [-0.2, -0.15) is 0 Å². The molecule has 3 rings (SSSR count). The maximum absolute atomic E-state index is 11.6. The minimum Gasteiger partial charge on any atom is -0.460 e. The third-order valence-corrected chi connectivity index (χ3v) is 4.92. The van der Waals surface area contributed by atoms with Crippen molar-refractivity contribution < 1.29 is 9.53 Å². The minimum atomic E-state index is -0.0615. The van der Waals surface area contributed by atoms with Gasteiger partial charge in [0.25, 0.3) is 0 Å². The molecule has 19 heavy (non-hydrogen) atoms. The number of cyclic esters (lactones) is 1. The van der Waals surface area contributed by atoms with Crippen LogP contribution in [0.2, 0.25) is 0 Å². The molecule has 3 nitrogen and oxygen atoms in total. The molecule has 2 N–H and O–H groups in total. The van der Waals surface area contributed by atoms with E-state index in [1.165, 1.54) is 5.56 Å². The van der Waals surface area contributed by atoms with Crippen molar-refractivity contribution in [3.8, 4) is 0 Å². The van der Waals surface area contributed by atoms with Crippen molar-refractivity contribution >= 4 is 5.97 Å². The second-order valence-electron chi connectivity index (χ2n) is 5.94. The zero-order chi connectivity index (χ0) is 13.3. The Morgan fingerprint density at radius 1 is 1.21 bits per heavy atom. The summed E-state index contributed by atoms with van der Waals surface area (Å²) in [5, 5.41) is 0. The molecule has 1 unspecified atom stereocenters. The van der Waals surface area contributed by atoms with Gasteiger partial charge in [0.2, 0.25) is 0 Å². The fraction of sp³-hybridized carbons (Fsp3) is 0.562. The Bertz CT molecular complexity index is 449. The number of benzene rings is 1. The first-order valence-electron chi connectivity index (χ1n) is 7.18. The van der Waals surface area contributed by atoms with Crippen LogP contribution in [0.1, 0.15) is 43.6 Å². The van der Waals surface area contributed by atoms with E-state index >= 15 is 0 Å². The van der Waals surface area contributed by atoms with Crippen LogP contribution < -0.4 is 5.73 Å².